The molecule has 5 nitrogen and oxygen atoms in total. The second kappa shape index (κ2) is 7.12. The Hall–Kier alpha value is -1.78. The highest BCUT2D eigenvalue weighted by molar-refractivity contribution is 5.28. The molecule has 0 fully saturated rings. The number of nitrogens with zero attached hydrogens (tertiary/aromatic N) is 3. The SMILES string of the molecule is CCCCNc1nc(C)cn1CCCc1cn[nH]c1C. The number of aromatic amines is 1. The summed E-state index contributed by atoms with van der Waals surface area (Å²) in [5, 5.41) is 10.5. The molecule has 0 aromatic carbocycles. The van der Waals surface area contributed by atoms with Crippen LogP contribution < -0.4 is 5.32 Å². The largest absolute Gasteiger partial charge is 0.356 e. The van der Waals surface area contributed by atoms with Gasteiger partial charge in [-0.3, -0.25) is 5.10 Å². The third-order valence-electron chi connectivity index (χ3n) is 3.49. The van der Waals surface area contributed by atoms with Gasteiger partial charge >= 0.3 is 0 Å². The number of unbranched alkanes of at least 4 members (excludes halogenated alkanes) is 1. The zero-order chi connectivity index (χ0) is 14.4. The summed E-state index contributed by atoms with van der Waals surface area (Å²) < 4.78 is 2.22. The monoisotopic (exact) mass is 275 g/mol. The van der Waals surface area contributed by atoms with Crippen LogP contribution in [0, 0.1) is 13.8 Å². The minimum Gasteiger partial charge on any atom is -0.356 e. The van der Waals surface area contributed by atoms with E-state index in [1.807, 2.05) is 13.1 Å². The number of hydrogen-bond donors (Lipinski definition) is 2. The van der Waals surface area contributed by atoms with Gasteiger partial charge in [0.1, 0.15) is 0 Å². The van der Waals surface area contributed by atoms with Gasteiger partial charge in [0, 0.05) is 25.0 Å². The number of aromatic nitrogens is 4. The maximum Gasteiger partial charge on any atom is 0.203 e. The summed E-state index contributed by atoms with van der Waals surface area (Å²) in [4.78, 5) is 4.55. The van der Waals surface area contributed by atoms with Gasteiger partial charge in [0.25, 0.3) is 0 Å². The number of hydrogen-bond acceptors (Lipinski definition) is 3. The van der Waals surface area contributed by atoms with Crippen molar-refractivity contribution in [2.24, 2.45) is 0 Å². The maximum atomic E-state index is 4.55. The topological polar surface area (TPSA) is 58.5 Å². The Morgan fingerprint density at radius 2 is 2.15 bits per heavy atom. The molecule has 0 saturated heterocycles. The van der Waals surface area contributed by atoms with E-state index in [9.17, 15) is 0 Å². The minimum absolute atomic E-state index is 0.986. The van der Waals surface area contributed by atoms with Crippen molar-refractivity contribution in [1.82, 2.24) is 19.7 Å². The molecule has 110 valence electrons. The van der Waals surface area contributed by atoms with Crippen molar-refractivity contribution in [3.8, 4) is 0 Å². The Labute approximate surface area is 120 Å². The van der Waals surface area contributed by atoms with Crippen molar-refractivity contribution < 1.29 is 0 Å². The molecule has 0 aliphatic heterocycles. The van der Waals surface area contributed by atoms with Crippen molar-refractivity contribution in [2.75, 3.05) is 11.9 Å². The summed E-state index contributed by atoms with van der Waals surface area (Å²) in [5.74, 6) is 1.000. The van der Waals surface area contributed by atoms with E-state index in [-0.39, 0.29) is 0 Å². The van der Waals surface area contributed by atoms with E-state index in [0.29, 0.717) is 0 Å². The van der Waals surface area contributed by atoms with E-state index < -0.39 is 0 Å². The first-order valence-corrected chi connectivity index (χ1v) is 7.47. The van der Waals surface area contributed by atoms with E-state index >= 15 is 0 Å². The lowest BCUT2D eigenvalue weighted by Gasteiger charge is -2.09. The molecule has 0 atom stereocenters. The highest BCUT2D eigenvalue weighted by atomic mass is 15.2. The third-order valence-corrected chi connectivity index (χ3v) is 3.49. The Morgan fingerprint density at radius 1 is 1.30 bits per heavy atom. The molecular formula is C15H25N5. The Bertz CT molecular complexity index is 526. The van der Waals surface area contributed by atoms with Crippen LogP contribution in [0.1, 0.15) is 43.1 Å². The maximum absolute atomic E-state index is 4.55. The van der Waals surface area contributed by atoms with E-state index in [1.165, 1.54) is 24.1 Å². The number of nitrogens with one attached hydrogen (secondary N) is 2. The van der Waals surface area contributed by atoms with Gasteiger partial charge in [-0.15, -0.1) is 0 Å². The van der Waals surface area contributed by atoms with Crippen molar-refractivity contribution in [2.45, 2.75) is 53.0 Å². The van der Waals surface area contributed by atoms with Gasteiger partial charge in [-0.25, -0.2) is 4.98 Å². The number of imidazole rings is 1. The molecule has 2 heterocycles. The summed E-state index contributed by atoms with van der Waals surface area (Å²) in [6.07, 6.45) is 8.57. The van der Waals surface area contributed by atoms with Crippen LogP contribution in [0.15, 0.2) is 12.4 Å². The lowest BCUT2D eigenvalue weighted by molar-refractivity contribution is 0.642. The van der Waals surface area contributed by atoms with Gasteiger partial charge in [-0.2, -0.15) is 5.10 Å². The fraction of sp³-hybridized carbons (Fsp3) is 0.600. The minimum atomic E-state index is 0.986. The molecule has 5 heteroatoms. The Kier molecular flexibility index (Phi) is 5.21. The lowest BCUT2D eigenvalue weighted by Crippen LogP contribution is -2.09. The summed E-state index contributed by atoms with van der Waals surface area (Å²) in [7, 11) is 0. The molecule has 0 aliphatic carbocycles. The molecule has 2 aromatic heterocycles. The zero-order valence-electron chi connectivity index (χ0n) is 12.7. The van der Waals surface area contributed by atoms with E-state index in [1.54, 1.807) is 0 Å². The zero-order valence-corrected chi connectivity index (χ0v) is 12.7. The van der Waals surface area contributed by atoms with Crippen molar-refractivity contribution in [1.29, 1.82) is 0 Å². The van der Waals surface area contributed by atoms with Crippen LogP contribution in [0.4, 0.5) is 5.95 Å². The molecule has 2 aromatic rings. The predicted octanol–water partition coefficient (Wildman–Crippen LogP) is 3.07. The van der Waals surface area contributed by atoms with Gasteiger partial charge in [0.15, 0.2) is 0 Å². The fourth-order valence-corrected chi connectivity index (χ4v) is 2.30. The van der Waals surface area contributed by atoms with Crippen LogP contribution in [0.2, 0.25) is 0 Å². The van der Waals surface area contributed by atoms with Crippen molar-refractivity contribution in [3.63, 3.8) is 0 Å². The van der Waals surface area contributed by atoms with Crippen LogP contribution >= 0.6 is 0 Å². The fourth-order valence-electron chi connectivity index (χ4n) is 2.30. The standard InChI is InChI=1S/C15H25N5/c1-4-5-8-16-15-18-12(2)11-20(15)9-6-7-14-10-17-19-13(14)3/h10-11H,4-9H2,1-3H3,(H,16,18)(H,17,19). The second-order valence-electron chi connectivity index (χ2n) is 5.30. The number of rotatable bonds is 8. The summed E-state index contributed by atoms with van der Waals surface area (Å²) in [6.45, 7) is 8.30. The van der Waals surface area contributed by atoms with Crippen molar-refractivity contribution in [3.05, 3.63) is 29.3 Å². The molecule has 0 unspecified atom stereocenters. The third kappa shape index (κ3) is 3.85. The number of H-pyrrole nitrogens is 1. The summed E-state index contributed by atoms with van der Waals surface area (Å²) in [5.41, 5.74) is 3.55. The van der Waals surface area contributed by atoms with Crippen LogP contribution in [0.25, 0.3) is 0 Å². The van der Waals surface area contributed by atoms with E-state index in [0.717, 1.165) is 37.6 Å². The van der Waals surface area contributed by atoms with Crippen LogP contribution in [-0.4, -0.2) is 26.3 Å². The molecule has 0 amide bonds. The molecule has 20 heavy (non-hydrogen) atoms. The first kappa shape index (κ1) is 14.6. The average molecular weight is 275 g/mol. The smallest absolute Gasteiger partial charge is 0.203 e. The lowest BCUT2D eigenvalue weighted by atomic mass is 10.1. The van der Waals surface area contributed by atoms with Gasteiger partial charge < -0.3 is 9.88 Å². The Morgan fingerprint density at radius 3 is 2.85 bits per heavy atom. The second-order valence-corrected chi connectivity index (χ2v) is 5.30. The van der Waals surface area contributed by atoms with Gasteiger partial charge in [0.2, 0.25) is 5.95 Å². The quantitative estimate of drug-likeness (QED) is 0.728. The van der Waals surface area contributed by atoms with Crippen molar-refractivity contribution >= 4 is 5.95 Å². The van der Waals surface area contributed by atoms with E-state index in [4.69, 9.17) is 0 Å². The normalized spacial score (nSPS) is 10.9. The van der Waals surface area contributed by atoms with E-state index in [2.05, 4.69) is 45.1 Å². The first-order chi connectivity index (χ1) is 9.70. The Balaban J connectivity index is 1.87. The van der Waals surface area contributed by atoms with Crippen LogP contribution in [-0.2, 0) is 13.0 Å². The first-order valence-electron chi connectivity index (χ1n) is 7.47. The molecule has 0 spiro atoms. The summed E-state index contributed by atoms with van der Waals surface area (Å²) in [6, 6.07) is 0. The van der Waals surface area contributed by atoms with Gasteiger partial charge in [-0.1, -0.05) is 13.3 Å². The molecule has 0 radical (unpaired) electrons. The average Bonchev–Trinajstić information content (AvgIpc) is 2.97. The van der Waals surface area contributed by atoms with Gasteiger partial charge in [-0.05, 0) is 38.7 Å². The molecule has 2 rings (SSSR count). The highest BCUT2D eigenvalue weighted by Crippen LogP contribution is 2.12. The predicted molar refractivity (Wildman–Crippen MR) is 82.0 cm³/mol. The molecule has 0 saturated carbocycles. The highest BCUT2D eigenvalue weighted by Gasteiger charge is 2.06. The molecule has 2 N–H and O–H groups in total. The molecular weight excluding hydrogens is 250 g/mol. The number of aryl methyl sites for hydroxylation is 4. The van der Waals surface area contributed by atoms with Crippen LogP contribution in [0.5, 0.6) is 0 Å². The number of anilines is 1. The van der Waals surface area contributed by atoms with Gasteiger partial charge in [0.05, 0.1) is 11.9 Å². The molecule has 0 bridgehead atoms. The molecule has 0 aliphatic rings. The summed E-state index contributed by atoms with van der Waals surface area (Å²) >= 11 is 0. The van der Waals surface area contributed by atoms with Crippen LogP contribution in [0.3, 0.4) is 0 Å².